The zero-order chi connectivity index (χ0) is 17.2. The number of rotatable bonds is 3. The quantitative estimate of drug-likeness (QED) is 0.736. The van der Waals surface area contributed by atoms with Crippen LogP contribution in [-0.2, 0) is 0 Å². The lowest BCUT2D eigenvalue weighted by molar-refractivity contribution is 0.0678. The van der Waals surface area contributed by atoms with Crippen LogP contribution < -0.4 is 0 Å². The summed E-state index contributed by atoms with van der Waals surface area (Å²) in [6, 6.07) is 7.80. The molecule has 3 aromatic rings. The van der Waals surface area contributed by atoms with Crippen LogP contribution in [0.1, 0.15) is 35.1 Å². The largest absolute Gasteiger partial charge is 0.444 e. The van der Waals surface area contributed by atoms with Crippen molar-refractivity contribution in [1.82, 2.24) is 19.4 Å². The van der Waals surface area contributed by atoms with E-state index in [9.17, 15) is 4.79 Å². The van der Waals surface area contributed by atoms with Crippen LogP contribution in [0.3, 0.4) is 0 Å². The van der Waals surface area contributed by atoms with E-state index in [1.54, 1.807) is 6.20 Å². The van der Waals surface area contributed by atoms with Crippen LogP contribution in [0.25, 0.3) is 11.3 Å². The number of oxazole rings is 1. The molecule has 128 valence electrons. The molecule has 1 aromatic carbocycles. The summed E-state index contributed by atoms with van der Waals surface area (Å²) in [7, 11) is 0. The Morgan fingerprint density at radius 1 is 1.28 bits per heavy atom. The van der Waals surface area contributed by atoms with Crippen LogP contribution in [0.4, 0.5) is 0 Å². The standard InChI is InChI=1S/C19H20N4O2/c1-14-21-8-10-23(14)17-3-2-9-22(12-17)19(24)16-6-4-15(5-7-16)18-11-20-13-25-18/h4-8,10-11,13,17H,2-3,9,12H2,1H3/t17-/m0/s1. The molecule has 6 heteroatoms. The van der Waals surface area contributed by atoms with Gasteiger partial charge in [0.2, 0.25) is 0 Å². The molecule has 1 amide bonds. The van der Waals surface area contributed by atoms with E-state index >= 15 is 0 Å². The van der Waals surface area contributed by atoms with E-state index in [0.29, 0.717) is 17.4 Å². The van der Waals surface area contributed by atoms with E-state index in [4.69, 9.17) is 4.42 Å². The van der Waals surface area contributed by atoms with Crippen molar-refractivity contribution in [1.29, 1.82) is 0 Å². The third kappa shape index (κ3) is 3.07. The highest BCUT2D eigenvalue weighted by Gasteiger charge is 2.26. The molecule has 0 saturated carbocycles. The molecule has 1 atom stereocenters. The van der Waals surface area contributed by atoms with Crippen molar-refractivity contribution in [2.75, 3.05) is 13.1 Å². The Hall–Kier alpha value is -2.89. The van der Waals surface area contributed by atoms with Crippen LogP contribution in [0, 0.1) is 6.92 Å². The number of aryl methyl sites for hydroxylation is 1. The number of hydrogen-bond donors (Lipinski definition) is 0. The Labute approximate surface area is 146 Å². The van der Waals surface area contributed by atoms with E-state index in [1.165, 1.54) is 6.39 Å². The normalized spacial score (nSPS) is 17.6. The molecular weight excluding hydrogens is 316 g/mol. The molecule has 1 saturated heterocycles. The van der Waals surface area contributed by atoms with Crippen LogP contribution in [0.5, 0.6) is 0 Å². The monoisotopic (exact) mass is 336 g/mol. The third-order valence-electron chi connectivity index (χ3n) is 4.79. The van der Waals surface area contributed by atoms with Crippen molar-refractivity contribution in [2.45, 2.75) is 25.8 Å². The van der Waals surface area contributed by atoms with Gasteiger partial charge in [0, 0.05) is 36.6 Å². The minimum atomic E-state index is 0.0755. The van der Waals surface area contributed by atoms with Crippen molar-refractivity contribution in [3.8, 4) is 11.3 Å². The predicted octanol–water partition coefficient (Wildman–Crippen LogP) is 3.32. The molecule has 0 radical (unpaired) electrons. The summed E-state index contributed by atoms with van der Waals surface area (Å²) < 4.78 is 7.46. The molecule has 0 unspecified atom stereocenters. The van der Waals surface area contributed by atoms with Gasteiger partial charge < -0.3 is 13.9 Å². The number of carbonyl (C=O) groups is 1. The molecule has 0 spiro atoms. The van der Waals surface area contributed by atoms with Gasteiger partial charge in [-0.1, -0.05) is 12.1 Å². The first kappa shape index (κ1) is 15.6. The molecule has 3 heterocycles. The molecule has 1 aliphatic heterocycles. The number of benzene rings is 1. The summed E-state index contributed by atoms with van der Waals surface area (Å²) in [5, 5.41) is 0. The van der Waals surface area contributed by atoms with E-state index in [1.807, 2.05) is 48.5 Å². The van der Waals surface area contributed by atoms with Crippen molar-refractivity contribution in [3.63, 3.8) is 0 Å². The number of amides is 1. The van der Waals surface area contributed by atoms with Gasteiger partial charge in [0.15, 0.2) is 12.2 Å². The van der Waals surface area contributed by atoms with Gasteiger partial charge >= 0.3 is 0 Å². The summed E-state index contributed by atoms with van der Waals surface area (Å²) in [6.45, 7) is 3.52. The van der Waals surface area contributed by atoms with Gasteiger partial charge in [-0.3, -0.25) is 4.79 Å². The highest BCUT2D eigenvalue weighted by molar-refractivity contribution is 5.94. The summed E-state index contributed by atoms with van der Waals surface area (Å²) in [4.78, 5) is 23.0. The molecule has 2 aromatic heterocycles. The van der Waals surface area contributed by atoms with Gasteiger partial charge in [-0.2, -0.15) is 0 Å². The highest BCUT2D eigenvalue weighted by Crippen LogP contribution is 2.25. The Balaban J connectivity index is 1.49. The van der Waals surface area contributed by atoms with E-state index in [0.717, 1.165) is 37.3 Å². The van der Waals surface area contributed by atoms with Crippen LogP contribution in [0.2, 0.25) is 0 Å². The van der Waals surface area contributed by atoms with Gasteiger partial charge in [0.05, 0.1) is 12.2 Å². The first-order chi connectivity index (χ1) is 12.2. The van der Waals surface area contributed by atoms with Crippen molar-refractivity contribution >= 4 is 5.91 Å². The van der Waals surface area contributed by atoms with E-state index in [-0.39, 0.29) is 5.91 Å². The molecule has 0 N–H and O–H groups in total. The fraction of sp³-hybridized carbons (Fsp3) is 0.316. The molecular formula is C19H20N4O2. The topological polar surface area (TPSA) is 64.2 Å². The number of imidazole rings is 1. The van der Waals surface area contributed by atoms with Crippen molar-refractivity contribution in [2.24, 2.45) is 0 Å². The van der Waals surface area contributed by atoms with Crippen molar-refractivity contribution in [3.05, 3.63) is 60.6 Å². The maximum Gasteiger partial charge on any atom is 0.253 e. The summed E-state index contributed by atoms with van der Waals surface area (Å²) in [5.74, 6) is 1.77. The summed E-state index contributed by atoms with van der Waals surface area (Å²) in [6.07, 6.45) is 8.97. The fourth-order valence-electron chi connectivity index (χ4n) is 3.46. The van der Waals surface area contributed by atoms with Crippen molar-refractivity contribution < 1.29 is 9.21 Å². The minimum Gasteiger partial charge on any atom is -0.444 e. The number of carbonyl (C=O) groups excluding carboxylic acids is 1. The van der Waals surface area contributed by atoms with Gasteiger partial charge in [-0.05, 0) is 31.9 Å². The predicted molar refractivity (Wildman–Crippen MR) is 93.1 cm³/mol. The minimum absolute atomic E-state index is 0.0755. The average molecular weight is 336 g/mol. The Morgan fingerprint density at radius 3 is 2.80 bits per heavy atom. The molecule has 4 rings (SSSR count). The third-order valence-corrected chi connectivity index (χ3v) is 4.79. The molecule has 1 fully saturated rings. The number of nitrogens with zero attached hydrogens (tertiary/aromatic N) is 4. The van der Waals surface area contributed by atoms with Gasteiger partial charge in [-0.25, -0.2) is 9.97 Å². The molecule has 0 aliphatic carbocycles. The lowest BCUT2D eigenvalue weighted by Crippen LogP contribution is -2.40. The van der Waals surface area contributed by atoms with Gasteiger partial charge in [-0.15, -0.1) is 0 Å². The molecule has 1 aliphatic rings. The lowest BCUT2D eigenvalue weighted by Gasteiger charge is -2.34. The van der Waals surface area contributed by atoms with Crippen LogP contribution in [0.15, 0.2) is 53.7 Å². The number of aromatic nitrogens is 3. The zero-order valence-corrected chi connectivity index (χ0v) is 14.1. The molecule has 6 nitrogen and oxygen atoms in total. The lowest BCUT2D eigenvalue weighted by atomic mass is 10.0. The molecule has 25 heavy (non-hydrogen) atoms. The first-order valence-electron chi connectivity index (χ1n) is 8.50. The second kappa shape index (κ2) is 6.55. The Bertz CT molecular complexity index is 852. The number of likely N-dealkylation sites (tertiary alicyclic amines) is 1. The van der Waals surface area contributed by atoms with Crippen LogP contribution >= 0.6 is 0 Å². The highest BCUT2D eigenvalue weighted by atomic mass is 16.3. The number of piperidine rings is 1. The summed E-state index contributed by atoms with van der Waals surface area (Å²) in [5.41, 5.74) is 1.62. The molecule has 0 bridgehead atoms. The Kier molecular flexibility index (Phi) is 4.09. The van der Waals surface area contributed by atoms with Gasteiger partial charge in [0.25, 0.3) is 5.91 Å². The van der Waals surface area contributed by atoms with E-state index < -0.39 is 0 Å². The second-order valence-corrected chi connectivity index (χ2v) is 6.37. The van der Waals surface area contributed by atoms with E-state index in [2.05, 4.69) is 14.5 Å². The van der Waals surface area contributed by atoms with Gasteiger partial charge in [0.1, 0.15) is 5.82 Å². The SMILES string of the molecule is Cc1nccn1[C@H]1CCCN(C(=O)c2ccc(-c3cnco3)cc2)C1. The van der Waals surface area contributed by atoms with Crippen LogP contribution in [-0.4, -0.2) is 38.4 Å². The smallest absolute Gasteiger partial charge is 0.253 e. The number of hydrogen-bond acceptors (Lipinski definition) is 4. The zero-order valence-electron chi connectivity index (χ0n) is 14.1. The summed E-state index contributed by atoms with van der Waals surface area (Å²) >= 11 is 0. The average Bonchev–Trinajstić information content (AvgIpc) is 3.33. The fourth-order valence-corrected chi connectivity index (χ4v) is 3.46. The maximum absolute atomic E-state index is 12.9. The Morgan fingerprint density at radius 2 is 2.12 bits per heavy atom. The second-order valence-electron chi connectivity index (χ2n) is 6.37. The maximum atomic E-state index is 12.9. The first-order valence-corrected chi connectivity index (χ1v) is 8.50.